The van der Waals surface area contributed by atoms with E-state index in [1.807, 2.05) is 0 Å². The van der Waals surface area contributed by atoms with Crippen molar-refractivity contribution in [3.63, 3.8) is 0 Å². The van der Waals surface area contributed by atoms with Crippen LogP contribution in [0.25, 0.3) is 132 Å². The number of fused-ring (bicyclic) bond motifs is 18. The van der Waals surface area contributed by atoms with Crippen molar-refractivity contribution in [1.82, 2.24) is 4.40 Å². The molecule has 18 aromatic rings. The SMILES string of the molecule is Cc1ccccc1-c1cccc2c1oc1c(N(c3ccccc3)c3cccc4c3C3=CC=CC5c6c(c(-c7ccccc7)c7c8cccc9c%10c(N(c%11ccccc%11)c%11cccc%12c%11oc%11c(-c%13ccccc%13C)cccc%11%12)cccc%10n(c7c6-c6ccccc6)c98)N4C35)cccc12. The van der Waals surface area contributed by atoms with Crippen molar-refractivity contribution in [1.29, 1.82) is 0 Å². The number of hydrogen-bond donors (Lipinski definition) is 0. The van der Waals surface area contributed by atoms with Gasteiger partial charge in [0.1, 0.15) is 11.2 Å². The van der Waals surface area contributed by atoms with Gasteiger partial charge in [0.2, 0.25) is 0 Å². The molecule has 3 aliphatic rings. The number of aromatic nitrogens is 1. The first-order chi connectivity index (χ1) is 48.6. The Bertz CT molecular complexity index is 6410. The third kappa shape index (κ3) is 7.57. The molecule has 0 spiro atoms. The van der Waals surface area contributed by atoms with Crippen molar-refractivity contribution < 1.29 is 8.83 Å². The van der Waals surface area contributed by atoms with Crippen LogP contribution in [0.2, 0.25) is 0 Å². The predicted octanol–water partition coefficient (Wildman–Crippen LogP) is 25.4. The highest BCUT2D eigenvalue weighted by molar-refractivity contribution is 6.33. The van der Waals surface area contributed by atoms with Gasteiger partial charge in [-0.1, -0.05) is 255 Å². The van der Waals surface area contributed by atoms with Crippen LogP contribution >= 0.6 is 0 Å². The average molecular weight is 1250 g/mol. The monoisotopic (exact) mass is 1250 g/mol. The molecule has 6 heterocycles. The summed E-state index contributed by atoms with van der Waals surface area (Å²) in [6, 6.07) is 109. The van der Waals surface area contributed by atoms with Crippen molar-refractivity contribution in [3.05, 3.63) is 338 Å². The first-order valence-electron chi connectivity index (χ1n) is 34.0. The Morgan fingerprint density at radius 3 is 1.39 bits per heavy atom. The molecular formula is C92H60N4O2. The lowest BCUT2D eigenvalue weighted by Crippen LogP contribution is -2.26. The van der Waals surface area contributed by atoms with Gasteiger partial charge in [-0.25, -0.2) is 0 Å². The summed E-state index contributed by atoms with van der Waals surface area (Å²) in [6.45, 7) is 4.36. The molecule has 460 valence electrons. The zero-order valence-electron chi connectivity index (χ0n) is 53.8. The van der Waals surface area contributed by atoms with Crippen LogP contribution in [0.1, 0.15) is 28.2 Å². The molecule has 0 amide bonds. The third-order valence-electron chi connectivity index (χ3n) is 21.4. The molecule has 6 heteroatoms. The van der Waals surface area contributed by atoms with Gasteiger partial charge in [-0.15, -0.1) is 0 Å². The van der Waals surface area contributed by atoms with E-state index in [-0.39, 0.29) is 12.0 Å². The summed E-state index contributed by atoms with van der Waals surface area (Å²) >= 11 is 0. The van der Waals surface area contributed by atoms with E-state index in [1.54, 1.807) is 0 Å². The van der Waals surface area contributed by atoms with E-state index in [9.17, 15) is 0 Å². The molecular weight excluding hydrogens is 1190 g/mol. The molecule has 0 saturated heterocycles. The van der Waals surface area contributed by atoms with Gasteiger partial charge < -0.3 is 27.9 Å². The lowest BCUT2D eigenvalue weighted by Gasteiger charge is -2.29. The summed E-state index contributed by atoms with van der Waals surface area (Å²) < 4.78 is 17.3. The van der Waals surface area contributed by atoms with E-state index in [4.69, 9.17) is 8.83 Å². The molecule has 0 saturated carbocycles. The molecule has 14 aromatic carbocycles. The molecule has 0 fully saturated rings. The second-order valence-electron chi connectivity index (χ2n) is 26.5. The minimum Gasteiger partial charge on any atom is -0.453 e. The number of hydrogen-bond acceptors (Lipinski definition) is 5. The van der Waals surface area contributed by atoms with E-state index >= 15 is 0 Å². The first kappa shape index (κ1) is 54.7. The first-order valence-corrected chi connectivity index (χ1v) is 34.0. The second-order valence-corrected chi connectivity index (χ2v) is 26.5. The number of furan rings is 2. The number of allylic oxidation sites excluding steroid dienone is 2. The number of nitrogens with zero attached hydrogens (tertiary/aromatic N) is 4. The maximum Gasteiger partial charge on any atom is 0.159 e. The Hall–Kier alpha value is -12.6. The van der Waals surface area contributed by atoms with Crippen molar-refractivity contribution in [2.75, 3.05) is 14.7 Å². The largest absolute Gasteiger partial charge is 0.453 e. The van der Waals surface area contributed by atoms with Crippen molar-refractivity contribution in [2.24, 2.45) is 0 Å². The third-order valence-corrected chi connectivity index (χ3v) is 21.4. The van der Waals surface area contributed by atoms with Crippen molar-refractivity contribution in [2.45, 2.75) is 25.8 Å². The van der Waals surface area contributed by atoms with Crippen LogP contribution in [-0.4, -0.2) is 10.4 Å². The smallest absolute Gasteiger partial charge is 0.159 e. The van der Waals surface area contributed by atoms with Crippen LogP contribution in [0.15, 0.2) is 324 Å². The Labute approximate surface area is 565 Å². The number of anilines is 8. The van der Waals surface area contributed by atoms with Crippen LogP contribution in [0.5, 0.6) is 0 Å². The van der Waals surface area contributed by atoms with Crippen LogP contribution in [0.4, 0.5) is 45.5 Å². The van der Waals surface area contributed by atoms with Crippen molar-refractivity contribution >= 4 is 133 Å². The predicted molar refractivity (Wildman–Crippen MR) is 408 cm³/mol. The van der Waals surface area contributed by atoms with Crippen LogP contribution in [-0.2, 0) is 0 Å². The minimum absolute atomic E-state index is 0.0298. The number of para-hydroxylation sites is 7. The Kier molecular flexibility index (Phi) is 11.7. The number of benzene rings is 14. The number of rotatable bonds is 10. The van der Waals surface area contributed by atoms with Gasteiger partial charge in [-0.05, 0) is 119 Å². The maximum atomic E-state index is 7.32. The topological polar surface area (TPSA) is 40.4 Å². The van der Waals surface area contributed by atoms with Crippen LogP contribution in [0.3, 0.4) is 0 Å². The fourth-order valence-electron chi connectivity index (χ4n) is 17.5. The van der Waals surface area contributed by atoms with Gasteiger partial charge in [-0.2, -0.15) is 0 Å². The highest BCUT2D eigenvalue weighted by atomic mass is 16.3. The quantitative estimate of drug-likeness (QED) is 0.136. The van der Waals surface area contributed by atoms with Crippen LogP contribution < -0.4 is 14.7 Å². The molecule has 4 aromatic heterocycles. The molecule has 6 nitrogen and oxygen atoms in total. The zero-order chi connectivity index (χ0) is 64.4. The van der Waals surface area contributed by atoms with E-state index in [0.29, 0.717) is 0 Å². The highest BCUT2D eigenvalue weighted by Gasteiger charge is 2.52. The van der Waals surface area contributed by atoms with Gasteiger partial charge >= 0.3 is 0 Å². The normalized spacial score (nSPS) is 14.6. The molecule has 2 unspecified atom stereocenters. The Balaban J connectivity index is 0.825. The van der Waals surface area contributed by atoms with Crippen molar-refractivity contribution in [3.8, 4) is 44.5 Å². The van der Waals surface area contributed by atoms with Gasteiger partial charge in [0, 0.05) is 88.2 Å². The summed E-state index contributed by atoms with van der Waals surface area (Å²) in [5.41, 5.74) is 31.3. The summed E-state index contributed by atoms with van der Waals surface area (Å²) in [6.07, 6.45) is 7.24. The fourth-order valence-corrected chi connectivity index (χ4v) is 17.5. The van der Waals surface area contributed by atoms with E-state index in [0.717, 1.165) is 94.6 Å². The lowest BCUT2D eigenvalue weighted by atomic mass is 9.79. The van der Waals surface area contributed by atoms with E-state index < -0.39 is 0 Å². The van der Waals surface area contributed by atoms with Crippen LogP contribution in [0, 0.1) is 13.8 Å². The maximum absolute atomic E-state index is 7.32. The molecule has 2 atom stereocenters. The molecule has 21 rings (SSSR count). The summed E-state index contributed by atoms with van der Waals surface area (Å²) in [7, 11) is 0. The summed E-state index contributed by atoms with van der Waals surface area (Å²) in [5.74, 6) is -0.0298. The summed E-state index contributed by atoms with van der Waals surface area (Å²) in [4.78, 5) is 7.64. The molecule has 0 N–H and O–H groups in total. The second kappa shape index (κ2) is 20.9. The molecule has 0 bridgehead atoms. The molecule has 0 radical (unpaired) electrons. The van der Waals surface area contributed by atoms with Gasteiger partial charge in [0.25, 0.3) is 0 Å². The van der Waals surface area contributed by atoms with E-state index in [1.165, 1.54) is 105 Å². The fraction of sp³-hybridized carbons (Fsp3) is 0.0435. The summed E-state index contributed by atoms with van der Waals surface area (Å²) in [5, 5.41) is 9.15. The Morgan fingerprint density at radius 2 is 0.796 bits per heavy atom. The standard InChI is InChI=1S/C92H60N4O2/c1-55-27-15-17-37-61(55)63-39-19-41-65-67-43-23-53-77(91(67)97-89(63)65)93(59-33-11-5-12-34-59)73-49-25-51-75-81(73)69-45-21-47-71-83-80(58-31-9-4-10-32-58)88-84(79(57-29-7-3-8-30-57)87(83)95(75)85(69)71)72-48-22-46-70-82-74(50-26-52-76(82)96(88)86(70)72)94(60-35-13-6-14-36-60)78-54-24-44-68-66-42-20-40-64(90(66)98-92(68)78)62-38-18-16-28-56(62)2/h3-54,71,85H,1-2H3. The highest BCUT2D eigenvalue weighted by Crippen LogP contribution is 2.67. The molecule has 2 aliphatic heterocycles. The van der Waals surface area contributed by atoms with Gasteiger partial charge in [0.15, 0.2) is 11.2 Å². The Morgan fingerprint density at radius 1 is 0.347 bits per heavy atom. The molecule has 98 heavy (non-hydrogen) atoms. The van der Waals surface area contributed by atoms with E-state index in [2.05, 4.69) is 348 Å². The molecule has 1 aliphatic carbocycles. The number of aryl methyl sites for hydroxylation is 2. The lowest BCUT2D eigenvalue weighted by molar-refractivity contribution is 0.670. The minimum atomic E-state index is -0.0497. The zero-order valence-corrected chi connectivity index (χ0v) is 53.8. The average Bonchev–Trinajstić information content (AvgIpc) is 1.49. The van der Waals surface area contributed by atoms with Gasteiger partial charge in [-0.3, -0.25) is 0 Å². The van der Waals surface area contributed by atoms with Gasteiger partial charge in [0.05, 0.1) is 56.7 Å².